The van der Waals surface area contributed by atoms with Crippen LogP contribution in [0.3, 0.4) is 0 Å². The van der Waals surface area contributed by atoms with E-state index >= 15 is 0 Å². The van der Waals surface area contributed by atoms with Gasteiger partial charge in [0, 0.05) is 25.2 Å². The molecule has 0 unspecified atom stereocenters. The van der Waals surface area contributed by atoms with Crippen LogP contribution in [0.4, 0.5) is 0 Å². The molecule has 0 heterocycles. The van der Waals surface area contributed by atoms with Crippen LogP contribution in [0, 0.1) is 0 Å². The fourth-order valence-corrected chi connectivity index (χ4v) is 4.48. The van der Waals surface area contributed by atoms with Gasteiger partial charge in [-0.15, -0.1) is 0 Å². The maximum atomic E-state index is 13.7. The average Bonchev–Trinajstić information content (AvgIpc) is 2.97. The Hall–Kier alpha value is -3.11. The molecule has 0 aliphatic carbocycles. The van der Waals surface area contributed by atoms with Crippen LogP contribution in [0.15, 0.2) is 78.9 Å². The van der Waals surface area contributed by atoms with E-state index in [4.69, 9.17) is 4.74 Å². The van der Waals surface area contributed by atoms with Gasteiger partial charge in [-0.3, -0.25) is 4.79 Å². The Morgan fingerprint density at radius 3 is 1.87 bits per heavy atom. The second-order valence-electron chi connectivity index (χ2n) is 10.1. The Bertz CT molecular complexity index is 1040. The lowest BCUT2D eigenvalue weighted by atomic mass is 10.0. The highest BCUT2D eigenvalue weighted by atomic mass is 16.5. The Morgan fingerprint density at radius 2 is 1.26 bits per heavy atom. The number of amides is 1. The van der Waals surface area contributed by atoms with E-state index in [-0.39, 0.29) is 5.91 Å². The van der Waals surface area contributed by atoms with Crippen LogP contribution in [0.2, 0.25) is 0 Å². The molecule has 0 aromatic heterocycles. The molecule has 4 heteroatoms. The van der Waals surface area contributed by atoms with Crippen molar-refractivity contribution in [3.63, 3.8) is 0 Å². The molecule has 0 aliphatic rings. The molecule has 0 aliphatic heterocycles. The summed E-state index contributed by atoms with van der Waals surface area (Å²) in [4.78, 5) is 18.3. The summed E-state index contributed by atoms with van der Waals surface area (Å²) in [7, 11) is 0. The maximum Gasteiger partial charge on any atom is 0.254 e. The molecule has 204 valence electrons. The molecule has 3 aromatic rings. The summed E-state index contributed by atoms with van der Waals surface area (Å²) in [5.74, 6) is 0.895. The molecule has 0 spiro atoms. The quantitative estimate of drug-likeness (QED) is 0.171. The molecular weight excluding hydrogens is 468 g/mol. The number of hydrogen-bond donors (Lipinski definition) is 0. The molecule has 0 saturated carbocycles. The van der Waals surface area contributed by atoms with Crippen molar-refractivity contribution in [3.05, 3.63) is 90.0 Å². The number of rotatable bonds is 17. The summed E-state index contributed by atoms with van der Waals surface area (Å²) in [5.41, 5.74) is 4.25. The van der Waals surface area contributed by atoms with Crippen LogP contribution in [0.25, 0.3) is 11.1 Å². The van der Waals surface area contributed by atoms with Crippen molar-refractivity contribution in [2.24, 2.45) is 0 Å². The van der Waals surface area contributed by atoms with Gasteiger partial charge in [-0.05, 0) is 73.3 Å². The lowest BCUT2D eigenvalue weighted by molar-refractivity contribution is 0.0720. The number of ether oxygens (including phenoxy) is 1. The summed E-state index contributed by atoms with van der Waals surface area (Å²) < 4.78 is 5.81. The Morgan fingerprint density at radius 1 is 0.658 bits per heavy atom. The van der Waals surface area contributed by atoms with Crippen LogP contribution in [0.5, 0.6) is 5.75 Å². The third kappa shape index (κ3) is 9.64. The molecule has 3 aromatic carbocycles. The smallest absolute Gasteiger partial charge is 0.254 e. The lowest BCUT2D eigenvalue weighted by Gasteiger charge is -2.28. The van der Waals surface area contributed by atoms with Gasteiger partial charge in [-0.2, -0.15) is 0 Å². The van der Waals surface area contributed by atoms with Crippen molar-refractivity contribution in [2.45, 2.75) is 65.8 Å². The molecule has 1 amide bonds. The van der Waals surface area contributed by atoms with E-state index in [0.717, 1.165) is 43.8 Å². The molecule has 0 fully saturated rings. The summed E-state index contributed by atoms with van der Waals surface area (Å²) >= 11 is 0. The van der Waals surface area contributed by atoms with Gasteiger partial charge in [0.05, 0.1) is 6.61 Å². The van der Waals surface area contributed by atoms with Crippen molar-refractivity contribution in [3.8, 4) is 16.9 Å². The van der Waals surface area contributed by atoms with Crippen LogP contribution in [-0.4, -0.2) is 48.5 Å². The third-order valence-electron chi connectivity index (χ3n) is 6.93. The van der Waals surface area contributed by atoms with Gasteiger partial charge in [0.15, 0.2) is 0 Å². The minimum atomic E-state index is 0.0724. The number of hydrogen-bond acceptors (Lipinski definition) is 3. The molecule has 3 rings (SSSR count). The van der Waals surface area contributed by atoms with Gasteiger partial charge in [0.2, 0.25) is 0 Å². The van der Waals surface area contributed by atoms with E-state index in [1.54, 1.807) is 0 Å². The maximum absolute atomic E-state index is 13.7. The van der Waals surface area contributed by atoms with Crippen molar-refractivity contribution < 1.29 is 9.53 Å². The van der Waals surface area contributed by atoms with Gasteiger partial charge >= 0.3 is 0 Å². The largest absolute Gasteiger partial charge is 0.494 e. The fraction of sp³-hybridized carbons (Fsp3) is 0.441. The van der Waals surface area contributed by atoms with Crippen molar-refractivity contribution >= 4 is 5.91 Å². The van der Waals surface area contributed by atoms with Crippen molar-refractivity contribution in [1.29, 1.82) is 0 Å². The van der Waals surface area contributed by atoms with E-state index in [9.17, 15) is 4.79 Å². The first-order chi connectivity index (χ1) is 18.6. The second-order valence-corrected chi connectivity index (χ2v) is 10.1. The summed E-state index contributed by atoms with van der Waals surface area (Å²) in [6.07, 6.45) is 6.89. The molecule has 38 heavy (non-hydrogen) atoms. The number of nitrogens with zero attached hydrogens (tertiary/aromatic N) is 2. The van der Waals surface area contributed by atoms with E-state index in [1.807, 2.05) is 35.2 Å². The van der Waals surface area contributed by atoms with Crippen LogP contribution in [0.1, 0.15) is 75.2 Å². The summed E-state index contributed by atoms with van der Waals surface area (Å²) in [6, 6.07) is 26.7. The van der Waals surface area contributed by atoms with E-state index in [2.05, 4.69) is 74.2 Å². The minimum Gasteiger partial charge on any atom is -0.494 e. The Labute approximate surface area is 230 Å². The second kappa shape index (κ2) is 16.7. The lowest BCUT2D eigenvalue weighted by Crippen LogP contribution is -2.39. The summed E-state index contributed by atoms with van der Waals surface area (Å²) in [6.45, 7) is 11.7. The Kier molecular flexibility index (Phi) is 12.9. The van der Waals surface area contributed by atoms with Crippen LogP contribution in [-0.2, 0) is 6.54 Å². The zero-order valence-corrected chi connectivity index (χ0v) is 23.7. The van der Waals surface area contributed by atoms with Crippen molar-refractivity contribution in [1.82, 2.24) is 9.80 Å². The normalized spacial score (nSPS) is 11.1. The molecule has 0 bridgehead atoms. The van der Waals surface area contributed by atoms with Gasteiger partial charge in [-0.25, -0.2) is 0 Å². The number of carbonyl (C=O) groups is 1. The topological polar surface area (TPSA) is 32.8 Å². The zero-order valence-electron chi connectivity index (χ0n) is 23.7. The van der Waals surface area contributed by atoms with Crippen molar-refractivity contribution in [2.75, 3.05) is 32.8 Å². The number of carbonyl (C=O) groups excluding carboxylic acids is 1. The van der Waals surface area contributed by atoms with Gasteiger partial charge < -0.3 is 14.5 Å². The molecule has 4 nitrogen and oxygen atoms in total. The monoisotopic (exact) mass is 514 g/mol. The fourth-order valence-electron chi connectivity index (χ4n) is 4.48. The van der Waals surface area contributed by atoms with Crippen LogP contribution >= 0.6 is 0 Å². The molecule has 0 N–H and O–H groups in total. The predicted molar refractivity (Wildman–Crippen MR) is 160 cm³/mol. The molecule has 0 atom stereocenters. The zero-order chi connectivity index (χ0) is 27.0. The number of benzene rings is 3. The first kappa shape index (κ1) is 29.4. The first-order valence-corrected chi connectivity index (χ1v) is 14.5. The number of unbranched alkanes of at least 4 members (excludes halogenated alkanes) is 3. The third-order valence-corrected chi connectivity index (χ3v) is 6.93. The van der Waals surface area contributed by atoms with E-state index in [0.29, 0.717) is 25.3 Å². The molecular formula is C34H46N2O2. The van der Waals surface area contributed by atoms with E-state index < -0.39 is 0 Å². The van der Waals surface area contributed by atoms with Gasteiger partial charge in [0.1, 0.15) is 5.75 Å². The predicted octanol–water partition coefficient (Wildman–Crippen LogP) is 8.08. The first-order valence-electron chi connectivity index (χ1n) is 14.5. The highest BCUT2D eigenvalue weighted by molar-refractivity contribution is 5.94. The molecule has 0 radical (unpaired) electrons. The highest BCUT2D eigenvalue weighted by Gasteiger charge is 2.18. The Balaban J connectivity index is 1.74. The van der Waals surface area contributed by atoms with Gasteiger partial charge in [-0.1, -0.05) is 94.6 Å². The minimum absolute atomic E-state index is 0.0724. The SMILES string of the molecule is CCCCOc1ccc(C(=O)N(CCN(CCCC)CCCC)Cc2ccc(-c3ccccc3)cc2)cc1. The summed E-state index contributed by atoms with van der Waals surface area (Å²) in [5, 5.41) is 0. The molecule has 0 saturated heterocycles. The highest BCUT2D eigenvalue weighted by Crippen LogP contribution is 2.21. The van der Waals surface area contributed by atoms with E-state index in [1.165, 1.54) is 36.8 Å². The van der Waals surface area contributed by atoms with Crippen LogP contribution < -0.4 is 4.74 Å². The van der Waals surface area contributed by atoms with Gasteiger partial charge in [0.25, 0.3) is 5.91 Å². The average molecular weight is 515 g/mol. The standard InChI is InChI=1S/C34H46N2O2/c1-4-7-23-35(24-8-5-2)25-26-36(34(37)32-19-21-33(22-20-32)38-27-9-6-3)28-29-15-17-31(18-16-29)30-13-11-10-12-14-30/h10-22H,4-9,23-28H2,1-3H3.